The van der Waals surface area contributed by atoms with E-state index < -0.39 is 12.0 Å². The molecule has 0 saturated carbocycles. The van der Waals surface area contributed by atoms with Gasteiger partial charge < -0.3 is 15.2 Å². The summed E-state index contributed by atoms with van der Waals surface area (Å²) in [5.41, 5.74) is 0.766. The maximum absolute atomic E-state index is 11.7. The highest BCUT2D eigenvalue weighted by Crippen LogP contribution is 2.17. The first-order valence-electron chi connectivity index (χ1n) is 4.65. The number of methoxy groups -OCH3 is 1. The molecule has 0 aliphatic heterocycles. The minimum Gasteiger partial charge on any atom is -0.480 e. The zero-order chi connectivity index (χ0) is 12.1. The summed E-state index contributed by atoms with van der Waals surface area (Å²) in [6.07, 6.45) is 0. The molecule has 0 spiro atoms. The van der Waals surface area contributed by atoms with E-state index in [1.54, 1.807) is 18.6 Å². The SMILES string of the molecule is COCc1ccsc1C(=O)N[C@H](C)C(=O)O. The van der Waals surface area contributed by atoms with Crippen LogP contribution >= 0.6 is 11.3 Å². The Kier molecular flexibility index (Phi) is 4.45. The molecular formula is C10H13NO4S. The molecule has 0 saturated heterocycles. The molecule has 0 fully saturated rings. The van der Waals surface area contributed by atoms with Crippen molar-refractivity contribution in [2.24, 2.45) is 0 Å². The van der Waals surface area contributed by atoms with Crippen LogP contribution in [0.1, 0.15) is 22.2 Å². The summed E-state index contributed by atoms with van der Waals surface area (Å²) in [6.45, 7) is 1.76. The number of hydrogen-bond acceptors (Lipinski definition) is 4. The monoisotopic (exact) mass is 243 g/mol. The molecule has 0 aliphatic rings. The predicted octanol–water partition coefficient (Wildman–Crippen LogP) is 1.10. The van der Waals surface area contributed by atoms with E-state index in [4.69, 9.17) is 9.84 Å². The van der Waals surface area contributed by atoms with Crippen molar-refractivity contribution in [1.82, 2.24) is 5.32 Å². The van der Waals surface area contributed by atoms with Gasteiger partial charge in [0.15, 0.2) is 0 Å². The Morgan fingerprint density at radius 1 is 1.62 bits per heavy atom. The third kappa shape index (κ3) is 3.04. The molecular weight excluding hydrogens is 230 g/mol. The molecule has 2 N–H and O–H groups in total. The lowest BCUT2D eigenvalue weighted by molar-refractivity contribution is -0.138. The number of aliphatic carboxylic acids is 1. The van der Waals surface area contributed by atoms with Crippen molar-refractivity contribution in [3.8, 4) is 0 Å². The van der Waals surface area contributed by atoms with Gasteiger partial charge in [-0.1, -0.05) is 0 Å². The smallest absolute Gasteiger partial charge is 0.325 e. The second-order valence-electron chi connectivity index (χ2n) is 3.24. The van der Waals surface area contributed by atoms with Crippen molar-refractivity contribution in [3.05, 3.63) is 21.9 Å². The second-order valence-corrected chi connectivity index (χ2v) is 4.16. The maximum atomic E-state index is 11.7. The predicted molar refractivity (Wildman–Crippen MR) is 59.6 cm³/mol. The largest absolute Gasteiger partial charge is 0.480 e. The van der Waals surface area contributed by atoms with Gasteiger partial charge in [-0.2, -0.15) is 0 Å². The summed E-state index contributed by atoms with van der Waals surface area (Å²) in [5, 5.41) is 12.8. The molecule has 1 amide bonds. The minimum absolute atomic E-state index is 0.341. The summed E-state index contributed by atoms with van der Waals surface area (Å²) in [7, 11) is 1.54. The number of hydrogen-bond donors (Lipinski definition) is 2. The number of ether oxygens (including phenoxy) is 1. The van der Waals surface area contributed by atoms with Crippen LogP contribution in [0, 0.1) is 0 Å². The van der Waals surface area contributed by atoms with Crippen LogP contribution in [0.15, 0.2) is 11.4 Å². The standard InChI is InChI=1S/C10H13NO4S/c1-6(10(13)14)11-9(12)8-7(5-15-2)3-4-16-8/h3-4,6H,5H2,1-2H3,(H,11,12)(H,13,14)/t6-/m1/s1. The highest BCUT2D eigenvalue weighted by atomic mass is 32.1. The molecule has 0 aromatic carbocycles. The lowest BCUT2D eigenvalue weighted by Crippen LogP contribution is -2.38. The van der Waals surface area contributed by atoms with Crippen LogP contribution in [0.25, 0.3) is 0 Å². The van der Waals surface area contributed by atoms with E-state index in [1.807, 2.05) is 0 Å². The van der Waals surface area contributed by atoms with E-state index in [9.17, 15) is 9.59 Å². The van der Waals surface area contributed by atoms with Gasteiger partial charge >= 0.3 is 5.97 Å². The fourth-order valence-electron chi connectivity index (χ4n) is 1.13. The topological polar surface area (TPSA) is 75.6 Å². The highest BCUT2D eigenvalue weighted by Gasteiger charge is 2.18. The molecule has 1 rings (SSSR count). The fourth-order valence-corrected chi connectivity index (χ4v) is 1.94. The molecule has 88 valence electrons. The van der Waals surface area contributed by atoms with Crippen LogP contribution in [-0.4, -0.2) is 30.1 Å². The van der Waals surface area contributed by atoms with Crippen molar-refractivity contribution < 1.29 is 19.4 Å². The third-order valence-electron chi connectivity index (χ3n) is 1.97. The van der Waals surface area contributed by atoms with Gasteiger partial charge in [0.05, 0.1) is 11.5 Å². The Balaban J connectivity index is 2.72. The van der Waals surface area contributed by atoms with Crippen LogP contribution in [0.5, 0.6) is 0 Å². The van der Waals surface area contributed by atoms with E-state index >= 15 is 0 Å². The van der Waals surface area contributed by atoms with E-state index in [0.29, 0.717) is 11.5 Å². The summed E-state index contributed by atoms with van der Waals surface area (Å²) in [4.78, 5) is 22.8. The van der Waals surface area contributed by atoms with E-state index in [0.717, 1.165) is 5.56 Å². The molecule has 0 radical (unpaired) electrons. The summed E-state index contributed by atoms with van der Waals surface area (Å²) in [5.74, 6) is -1.44. The normalized spacial score (nSPS) is 12.1. The van der Waals surface area contributed by atoms with Gasteiger partial charge in [0.25, 0.3) is 5.91 Å². The van der Waals surface area contributed by atoms with Gasteiger partial charge in [-0.25, -0.2) is 0 Å². The summed E-state index contributed by atoms with van der Waals surface area (Å²) in [6, 6.07) is 0.888. The molecule has 1 heterocycles. The molecule has 1 aromatic heterocycles. The number of amides is 1. The van der Waals surface area contributed by atoms with Crippen molar-refractivity contribution >= 4 is 23.2 Å². The van der Waals surface area contributed by atoms with Crippen LogP contribution < -0.4 is 5.32 Å². The molecule has 0 aliphatic carbocycles. The second kappa shape index (κ2) is 5.62. The lowest BCUT2D eigenvalue weighted by Gasteiger charge is -2.09. The number of rotatable bonds is 5. The fraction of sp³-hybridized carbons (Fsp3) is 0.400. The first-order chi connectivity index (χ1) is 7.56. The van der Waals surface area contributed by atoms with Crippen LogP contribution in [0.3, 0.4) is 0 Å². The van der Waals surface area contributed by atoms with Gasteiger partial charge in [0.2, 0.25) is 0 Å². The summed E-state index contributed by atoms with van der Waals surface area (Å²) >= 11 is 1.27. The Labute approximate surface area is 97.0 Å². The van der Waals surface area contributed by atoms with Gasteiger partial charge in [0.1, 0.15) is 6.04 Å². The maximum Gasteiger partial charge on any atom is 0.325 e. The summed E-state index contributed by atoms with van der Waals surface area (Å²) < 4.78 is 4.94. The molecule has 5 nitrogen and oxygen atoms in total. The van der Waals surface area contributed by atoms with Gasteiger partial charge in [0, 0.05) is 12.7 Å². The molecule has 1 atom stereocenters. The first-order valence-corrected chi connectivity index (χ1v) is 5.53. The minimum atomic E-state index is -1.06. The molecule has 0 bridgehead atoms. The number of carbonyl (C=O) groups excluding carboxylic acids is 1. The average molecular weight is 243 g/mol. The van der Waals surface area contributed by atoms with Crippen molar-refractivity contribution in [3.63, 3.8) is 0 Å². The number of carbonyl (C=O) groups is 2. The van der Waals surface area contributed by atoms with E-state index in [1.165, 1.54) is 18.3 Å². The number of thiophene rings is 1. The van der Waals surface area contributed by atoms with Crippen LogP contribution in [0.2, 0.25) is 0 Å². The Morgan fingerprint density at radius 3 is 2.88 bits per heavy atom. The van der Waals surface area contributed by atoms with Crippen LogP contribution in [0.4, 0.5) is 0 Å². The lowest BCUT2D eigenvalue weighted by atomic mass is 10.2. The quantitative estimate of drug-likeness (QED) is 0.812. The van der Waals surface area contributed by atoms with Gasteiger partial charge in [-0.05, 0) is 18.4 Å². The van der Waals surface area contributed by atoms with Gasteiger partial charge in [-0.3, -0.25) is 9.59 Å². The number of nitrogens with one attached hydrogen (secondary N) is 1. The van der Waals surface area contributed by atoms with Gasteiger partial charge in [-0.15, -0.1) is 11.3 Å². The number of carboxylic acids is 1. The highest BCUT2D eigenvalue weighted by molar-refractivity contribution is 7.12. The molecule has 0 unspecified atom stereocenters. The van der Waals surface area contributed by atoms with Crippen LogP contribution in [-0.2, 0) is 16.1 Å². The van der Waals surface area contributed by atoms with E-state index in [2.05, 4.69) is 5.32 Å². The molecule has 1 aromatic rings. The van der Waals surface area contributed by atoms with Crippen molar-refractivity contribution in [2.75, 3.05) is 7.11 Å². The molecule has 16 heavy (non-hydrogen) atoms. The zero-order valence-electron chi connectivity index (χ0n) is 9.02. The van der Waals surface area contributed by atoms with Crippen molar-refractivity contribution in [2.45, 2.75) is 19.6 Å². The Bertz CT molecular complexity index is 388. The third-order valence-corrected chi connectivity index (χ3v) is 2.93. The van der Waals surface area contributed by atoms with Crippen molar-refractivity contribution in [1.29, 1.82) is 0 Å². The average Bonchev–Trinajstić information content (AvgIpc) is 2.66. The Morgan fingerprint density at radius 2 is 2.31 bits per heavy atom. The first kappa shape index (κ1) is 12.7. The Hall–Kier alpha value is -1.40. The van der Waals surface area contributed by atoms with E-state index in [-0.39, 0.29) is 5.91 Å². The zero-order valence-corrected chi connectivity index (χ0v) is 9.84. The molecule has 6 heteroatoms. The number of carboxylic acid groups (broad SMARTS) is 1.